The van der Waals surface area contributed by atoms with Crippen molar-refractivity contribution in [2.45, 2.75) is 17.9 Å². The first kappa shape index (κ1) is 13.7. The highest BCUT2D eigenvalue weighted by atomic mass is 79.9. The second-order valence-electron chi connectivity index (χ2n) is 3.50. The number of benzene rings is 1. The van der Waals surface area contributed by atoms with Crippen molar-refractivity contribution in [1.29, 1.82) is 0 Å². The summed E-state index contributed by atoms with van der Waals surface area (Å²) in [5.74, 6) is -2.09. The molecule has 0 spiro atoms. The van der Waals surface area contributed by atoms with E-state index in [0.717, 1.165) is 0 Å². The molecule has 1 rings (SSSR count). The van der Waals surface area contributed by atoms with Gasteiger partial charge < -0.3 is 15.3 Å². The van der Waals surface area contributed by atoms with Crippen molar-refractivity contribution in [3.63, 3.8) is 0 Å². The molecular weight excluding hydrogens is 292 g/mol. The summed E-state index contributed by atoms with van der Waals surface area (Å²) in [6, 6.07) is 4.24. The van der Waals surface area contributed by atoms with Gasteiger partial charge >= 0.3 is 5.97 Å². The lowest BCUT2D eigenvalue weighted by Gasteiger charge is -2.14. The van der Waals surface area contributed by atoms with Gasteiger partial charge in [-0.2, -0.15) is 0 Å². The minimum absolute atomic E-state index is 0.138. The third-order valence-electron chi connectivity index (χ3n) is 2.26. The molecule has 0 aromatic heterocycles. The molecule has 0 radical (unpaired) electrons. The number of aliphatic carboxylic acids is 1. The van der Waals surface area contributed by atoms with E-state index in [9.17, 15) is 19.8 Å². The van der Waals surface area contributed by atoms with Crippen LogP contribution >= 0.6 is 15.9 Å². The zero-order chi connectivity index (χ0) is 13.2. The Labute approximate surface area is 106 Å². The maximum absolute atomic E-state index is 11.2. The van der Waals surface area contributed by atoms with Crippen LogP contribution in [0.2, 0.25) is 0 Å². The van der Waals surface area contributed by atoms with Gasteiger partial charge in [-0.3, -0.25) is 4.79 Å². The number of carbonyl (C=O) groups is 2. The number of hydrogen-bond donors (Lipinski definition) is 3. The van der Waals surface area contributed by atoms with E-state index in [1.54, 1.807) is 0 Å². The van der Waals surface area contributed by atoms with Gasteiger partial charge in [0.1, 0.15) is 16.4 Å². The Morgan fingerprint density at radius 3 is 2.29 bits per heavy atom. The van der Waals surface area contributed by atoms with E-state index in [1.165, 1.54) is 25.1 Å². The number of Topliss-reactive ketones (excluding diaryl/α,β-unsaturated/α-hetero) is 1. The number of aliphatic hydroxyl groups is 1. The molecule has 6 heteroatoms. The molecule has 1 aromatic carbocycles. The minimum atomic E-state index is -1.82. The van der Waals surface area contributed by atoms with Crippen molar-refractivity contribution in [1.82, 2.24) is 0 Å². The van der Waals surface area contributed by atoms with Crippen LogP contribution in [0.4, 0.5) is 0 Å². The molecule has 0 amide bonds. The summed E-state index contributed by atoms with van der Waals surface area (Å²) >= 11 is 3.08. The summed E-state index contributed by atoms with van der Waals surface area (Å²) in [7, 11) is 0. The molecule has 0 aliphatic heterocycles. The zero-order valence-electron chi connectivity index (χ0n) is 8.92. The smallest absolute Gasteiger partial charge is 0.337 e. The van der Waals surface area contributed by atoms with Crippen LogP contribution in [0.5, 0.6) is 5.75 Å². The summed E-state index contributed by atoms with van der Waals surface area (Å²) in [5.41, 5.74) is 0.0935. The molecule has 0 aliphatic rings. The summed E-state index contributed by atoms with van der Waals surface area (Å²) in [6.45, 7) is 1.33. The van der Waals surface area contributed by atoms with E-state index in [2.05, 4.69) is 15.9 Å². The van der Waals surface area contributed by atoms with E-state index in [-0.39, 0.29) is 22.7 Å². The number of aliphatic hydroxyl groups excluding tert-OH is 1. The fourth-order valence-electron chi connectivity index (χ4n) is 1.36. The van der Waals surface area contributed by atoms with Gasteiger partial charge in [0, 0.05) is 11.1 Å². The van der Waals surface area contributed by atoms with Gasteiger partial charge in [0.05, 0.1) is 0 Å². The van der Waals surface area contributed by atoms with Crippen LogP contribution in [0.25, 0.3) is 0 Å². The normalized spacial score (nSPS) is 14.1. The number of halogens is 1. The number of aromatic hydroxyl groups is 1. The van der Waals surface area contributed by atoms with Crippen LogP contribution in [-0.2, 0) is 9.59 Å². The number of alkyl halides is 1. The van der Waals surface area contributed by atoms with Crippen molar-refractivity contribution in [2.75, 3.05) is 0 Å². The van der Waals surface area contributed by atoms with E-state index in [1.807, 2.05) is 0 Å². The molecule has 0 saturated carbocycles. The fourth-order valence-corrected chi connectivity index (χ4v) is 1.73. The molecule has 17 heavy (non-hydrogen) atoms. The van der Waals surface area contributed by atoms with Crippen molar-refractivity contribution in [3.05, 3.63) is 29.3 Å². The number of phenols is 1. The standard InChI is InChI=1S/C11H11BrO5/c1-5(13)8(12)6-3-2-4-7(9(6)14)10(15)11(16)17/h2-4,8,10,14-15H,1H3,(H,16,17). The average molecular weight is 303 g/mol. The van der Waals surface area contributed by atoms with Crippen LogP contribution in [0, 0.1) is 0 Å². The number of ketones is 1. The number of carbonyl (C=O) groups excluding carboxylic acids is 1. The summed E-state index contributed by atoms with van der Waals surface area (Å²) in [4.78, 5) is 21.1. The largest absolute Gasteiger partial charge is 0.507 e. The number of carboxylic acids is 1. The lowest BCUT2D eigenvalue weighted by atomic mass is 10.0. The molecule has 0 aliphatic carbocycles. The molecule has 0 heterocycles. The quantitative estimate of drug-likeness (QED) is 0.733. The lowest BCUT2D eigenvalue weighted by Crippen LogP contribution is -2.12. The van der Waals surface area contributed by atoms with Gasteiger partial charge in [0.2, 0.25) is 0 Å². The Hall–Kier alpha value is -1.40. The van der Waals surface area contributed by atoms with E-state index in [0.29, 0.717) is 0 Å². The topological polar surface area (TPSA) is 94.8 Å². The molecule has 0 bridgehead atoms. The lowest BCUT2D eigenvalue weighted by molar-refractivity contribution is -0.147. The predicted molar refractivity (Wildman–Crippen MR) is 63.1 cm³/mol. The Balaban J connectivity index is 3.25. The van der Waals surface area contributed by atoms with E-state index < -0.39 is 16.9 Å². The number of carboxylic acid groups (broad SMARTS) is 1. The van der Waals surface area contributed by atoms with Crippen LogP contribution in [0.1, 0.15) is 29.0 Å². The number of phenolic OH excluding ortho intramolecular Hbond substituents is 1. The second-order valence-corrected chi connectivity index (χ2v) is 4.41. The highest BCUT2D eigenvalue weighted by Gasteiger charge is 2.24. The molecule has 5 nitrogen and oxygen atoms in total. The molecule has 1 aromatic rings. The molecule has 2 atom stereocenters. The predicted octanol–water partition coefficient (Wildman–Crippen LogP) is 1.54. The maximum atomic E-state index is 11.2. The van der Waals surface area contributed by atoms with Crippen LogP contribution in [0.15, 0.2) is 18.2 Å². The van der Waals surface area contributed by atoms with E-state index in [4.69, 9.17) is 5.11 Å². The monoisotopic (exact) mass is 302 g/mol. The molecule has 0 fully saturated rings. The van der Waals surface area contributed by atoms with Gasteiger partial charge in [-0.1, -0.05) is 34.1 Å². The number of hydrogen-bond acceptors (Lipinski definition) is 4. The van der Waals surface area contributed by atoms with Crippen molar-refractivity contribution in [3.8, 4) is 5.75 Å². The third-order valence-corrected chi connectivity index (χ3v) is 3.39. The van der Waals surface area contributed by atoms with Gasteiger partial charge in [-0.05, 0) is 6.92 Å². The van der Waals surface area contributed by atoms with Gasteiger partial charge in [0.25, 0.3) is 0 Å². The first-order valence-electron chi connectivity index (χ1n) is 4.73. The Kier molecular flexibility index (Phi) is 4.25. The molecular formula is C11H11BrO5. The second kappa shape index (κ2) is 5.29. The minimum Gasteiger partial charge on any atom is -0.507 e. The van der Waals surface area contributed by atoms with Crippen molar-refractivity contribution < 1.29 is 24.9 Å². The fraction of sp³-hybridized carbons (Fsp3) is 0.273. The zero-order valence-corrected chi connectivity index (χ0v) is 10.5. The highest BCUT2D eigenvalue weighted by Crippen LogP contribution is 2.36. The third kappa shape index (κ3) is 2.83. The van der Waals surface area contributed by atoms with Gasteiger partial charge in [-0.25, -0.2) is 4.79 Å². The van der Waals surface area contributed by atoms with Crippen LogP contribution in [-0.4, -0.2) is 27.1 Å². The Bertz CT molecular complexity index is 419. The first-order valence-corrected chi connectivity index (χ1v) is 5.65. The maximum Gasteiger partial charge on any atom is 0.337 e. The first-order chi connectivity index (χ1) is 7.86. The van der Waals surface area contributed by atoms with Gasteiger partial charge in [0.15, 0.2) is 6.10 Å². The highest BCUT2D eigenvalue weighted by molar-refractivity contribution is 9.09. The molecule has 0 saturated heterocycles. The van der Waals surface area contributed by atoms with Crippen molar-refractivity contribution >= 4 is 27.7 Å². The summed E-state index contributed by atoms with van der Waals surface area (Å²) < 4.78 is 0. The van der Waals surface area contributed by atoms with Crippen molar-refractivity contribution in [2.24, 2.45) is 0 Å². The summed E-state index contributed by atoms with van der Waals surface area (Å²) in [5, 5.41) is 27.8. The Morgan fingerprint density at radius 1 is 1.29 bits per heavy atom. The SMILES string of the molecule is CC(=O)C(Br)c1cccc(C(O)C(=O)O)c1O. The molecule has 2 unspecified atom stereocenters. The van der Waals surface area contributed by atoms with Gasteiger partial charge in [-0.15, -0.1) is 0 Å². The van der Waals surface area contributed by atoms with Crippen LogP contribution in [0.3, 0.4) is 0 Å². The van der Waals surface area contributed by atoms with Crippen LogP contribution < -0.4 is 0 Å². The van der Waals surface area contributed by atoms with E-state index >= 15 is 0 Å². The average Bonchev–Trinajstić information content (AvgIpc) is 2.27. The summed E-state index contributed by atoms with van der Waals surface area (Å²) in [6.07, 6.45) is -1.82. The number of para-hydroxylation sites is 1. The Morgan fingerprint density at radius 2 is 1.82 bits per heavy atom. The number of rotatable bonds is 4. The molecule has 92 valence electrons. The molecule has 3 N–H and O–H groups in total.